The molecule has 0 rings (SSSR count). The molecule has 0 radical (unpaired) electrons. The first-order valence-electron chi connectivity index (χ1n) is 6.80. The van der Waals surface area contributed by atoms with E-state index < -0.39 is 12.0 Å². The molecule has 112 valence electrons. The lowest BCUT2D eigenvalue weighted by molar-refractivity contribution is -0.146. The Kier molecular flexibility index (Phi) is 7.68. The van der Waals surface area contributed by atoms with E-state index in [1.807, 2.05) is 13.8 Å². The Bertz CT molecular complexity index is 301. The predicted molar refractivity (Wildman–Crippen MR) is 75.5 cm³/mol. The molecule has 0 saturated carbocycles. The van der Waals surface area contributed by atoms with Crippen LogP contribution in [0.15, 0.2) is 0 Å². The van der Waals surface area contributed by atoms with Crippen molar-refractivity contribution in [3.05, 3.63) is 0 Å². The number of hydrogen-bond donors (Lipinski definition) is 2. The van der Waals surface area contributed by atoms with Crippen molar-refractivity contribution < 1.29 is 14.3 Å². The Balaban J connectivity index is 4.32. The van der Waals surface area contributed by atoms with Crippen LogP contribution in [0.4, 0.5) is 0 Å². The molecule has 1 atom stereocenters. The first-order chi connectivity index (χ1) is 8.73. The highest BCUT2D eigenvalue weighted by Gasteiger charge is 2.25. The molecule has 0 bridgehead atoms. The van der Waals surface area contributed by atoms with Gasteiger partial charge in [-0.05, 0) is 30.7 Å². The van der Waals surface area contributed by atoms with E-state index in [-0.39, 0.29) is 17.2 Å². The fourth-order valence-corrected chi connectivity index (χ4v) is 1.84. The second-order valence-corrected chi connectivity index (χ2v) is 6.02. The van der Waals surface area contributed by atoms with Gasteiger partial charge in [-0.15, -0.1) is 0 Å². The molecule has 0 unspecified atom stereocenters. The number of amides is 1. The molecule has 0 fully saturated rings. The molecule has 0 spiro atoms. The van der Waals surface area contributed by atoms with Crippen LogP contribution in [0.1, 0.15) is 47.0 Å². The molecule has 1 amide bonds. The summed E-state index contributed by atoms with van der Waals surface area (Å²) in [6.07, 6.45) is 2.03. The molecular formula is C14H28N2O3. The van der Waals surface area contributed by atoms with Crippen LogP contribution in [0.25, 0.3) is 0 Å². The molecular weight excluding hydrogens is 244 g/mol. The summed E-state index contributed by atoms with van der Waals surface area (Å²) in [6, 6.07) is -0.574. The highest BCUT2D eigenvalue weighted by atomic mass is 16.5. The van der Waals surface area contributed by atoms with Gasteiger partial charge in [0, 0.05) is 6.42 Å². The SMILES string of the molecule is COC(=O)[C@@H](NC(=O)CCC(C)(C)CCN)C(C)C. The fraction of sp³-hybridized carbons (Fsp3) is 0.857. The number of hydrogen-bond acceptors (Lipinski definition) is 4. The summed E-state index contributed by atoms with van der Waals surface area (Å²) in [5.74, 6) is -0.507. The maximum absolute atomic E-state index is 11.9. The Morgan fingerprint density at radius 3 is 2.26 bits per heavy atom. The smallest absolute Gasteiger partial charge is 0.328 e. The lowest BCUT2D eigenvalue weighted by Gasteiger charge is -2.24. The van der Waals surface area contributed by atoms with Gasteiger partial charge in [-0.1, -0.05) is 27.7 Å². The molecule has 0 aliphatic rings. The zero-order chi connectivity index (χ0) is 15.1. The van der Waals surface area contributed by atoms with Crippen LogP contribution in [-0.2, 0) is 14.3 Å². The molecule has 5 heteroatoms. The van der Waals surface area contributed by atoms with Crippen LogP contribution < -0.4 is 11.1 Å². The maximum atomic E-state index is 11.9. The standard InChI is InChI=1S/C14H28N2O3/c1-10(2)12(13(18)19-5)16-11(17)6-7-14(3,4)8-9-15/h10,12H,6-9,15H2,1-5H3,(H,16,17)/t12-/m0/s1. The fourth-order valence-electron chi connectivity index (χ4n) is 1.84. The van der Waals surface area contributed by atoms with Gasteiger partial charge in [-0.3, -0.25) is 4.79 Å². The van der Waals surface area contributed by atoms with Crippen LogP contribution in [0, 0.1) is 11.3 Å². The van der Waals surface area contributed by atoms with Crippen LogP contribution in [0.3, 0.4) is 0 Å². The average Bonchev–Trinajstić information content (AvgIpc) is 2.32. The van der Waals surface area contributed by atoms with E-state index in [0.717, 1.165) is 12.8 Å². The van der Waals surface area contributed by atoms with E-state index in [9.17, 15) is 9.59 Å². The van der Waals surface area contributed by atoms with Crippen molar-refractivity contribution in [2.24, 2.45) is 17.1 Å². The molecule has 0 heterocycles. The normalized spacial score (nSPS) is 13.2. The van der Waals surface area contributed by atoms with E-state index in [1.165, 1.54) is 7.11 Å². The summed E-state index contributed by atoms with van der Waals surface area (Å²) in [6.45, 7) is 8.55. The molecule has 0 aromatic rings. The topological polar surface area (TPSA) is 81.4 Å². The van der Waals surface area contributed by atoms with Crippen LogP contribution in [-0.4, -0.2) is 31.6 Å². The van der Waals surface area contributed by atoms with Gasteiger partial charge in [-0.25, -0.2) is 4.79 Å². The number of ether oxygens (including phenoxy) is 1. The van der Waals surface area contributed by atoms with E-state index in [4.69, 9.17) is 5.73 Å². The molecule has 0 aromatic heterocycles. The van der Waals surface area contributed by atoms with Crippen molar-refractivity contribution in [1.82, 2.24) is 5.32 Å². The van der Waals surface area contributed by atoms with Gasteiger partial charge in [0.1, 0.15) is 6.04 Å². The average molecular weight is 272 g/mol. The van der Waals surface area contributed by atoms with E-state index in [2.05, 4.69) is 23.9 Å². The molecule has 0 saturated heterocycles. The molecule has 0 aliphatic heterocycles. The largest absolute Gasteiger partial charge is 0.467 e. The third kappa shape index (κ3) is 7.15. The third-order valence-electron chi connectivity index (χ3n) is 3.29. The van der Waals surface area contributed by atoms with Crippen molar-refractivity contribution in [2.75, 3.05) is 13.7 Å². The van der Waals surface area contributed by atoms with E-state index >= 15 is 0 Å². The lowest BCUT2D eigenvalue weighted by Crippen LogP contribution is -2.45. The molecule has 0 aliphatic carbocycles. The van der Waals surface area contributed by atoms with Crippen LogP contribution >= 0.6 is 0 Å². The zero-order valence-corrected chi connectivity index (χ0v) is 12.8. The number of carbonyl (C=O) groups excluding carboxylic acids is 2. The van der Waals surface area contributed by atoms with Crippen molar-refractivity contribution in [3.8, 4) is 0 Å². The Labute approximate surface area is 116 Å². The van der Waals surface area contributed by atoms with Gasteiger partial charge in [-0.2, -0.15) is 0 Å². The van der Waals surface area contributed by atoms with Gasteiger partial charge >= 0.3 is 5.97 Å². The van der Waals surface area contributed by atoms with Crippen molar-refractivity contribution in [1.29, 1.82) is 0 Å². The summed E-state index contributed by atoms with van der Waals surface area (Å²) in [7, 11) is 1.33. The summed E-state index contributed by atoms with van der Waals surface area (Å²) in [5, 5.41) is 2.74. The van der Waals surface area contributed by atoms with E-state index in [0.29, 0.717) is 13.0 Å². The number of nitrogens with one attached hydrogen (secondary N) is 1. The van der Waals surface area contributed by atoms with Crippen LogP contribution in [0.2, 0.25) is 0 Å². The highest BCUT2D eigenvalue weighted by molar-refractivity contribution is 5.84. The maximum Gasteiger partial charge on any atom is 0.328 e. The third-order valence-corrected chi connectivity index (χ3v) is 3.29. The quantitative estimate of drug-likeness (QED) is 0.655. The Morgan fingerprint density at radius 1 is 1.26 bits per heavy atom. The van der Waals surface area contributed by atoms with Crippen molar-refractivity contribution in [3.63, 3.8) is 0 Å². The minimum atomic E-state index is -0.574. The second kappa shape index (κ2) is 8.15. The van der Waals surface area contributed by atoms with Gasteiger partial charge in [0.15, 0.2) is 0 Å². The number of carbonyl (C=O) groups is 2. The van der Waals surface area contributed by atoms with Gasteiger partial charge < -0.3 is 15.8 Å². The number of esters is 1. The van der Waals surface area contributed by atoms with Crippen molar-refractivity contribution >= 4 is 11.9 Å². The summed E-state index contributed by atoms with van der Waals surface area (Å²) >= 11 is 0. The zero-order valence-electron chi connectivity index (χ0n) is 12.8. The number of methoxy groups -OCH3 is 1. The number of nitrogens with two attached hydrogens (primary N) is 1. The molecule has 5 nitrogen and oxygen atoms in total. The molecule has 3 N–H and O–H groups in total. The monoisotopic (exact) mass is 272 g/mol. The second-order valence-electron chi connectivity index (χ2n) is 6.02. The Hall–Kier alpha value is -1.10. The van der Waals surface area contributed by atoms with Gasteiger partial charge in [0.2, 0.25) is 5.91 Å². The molecule has 0 aromatic carbocycles. The predicted octanol–water partition coefficient (Wildman–Crippen LogP) is 1.46. The summed E-state index contributed by atoms with van der Waals surface area (Å²) in [5.41, 5.74) is 5.58. The first kappa shape index (κ1) is 17.9. The lowest BCUT2D eigenvalue weighted by atomic mass is 9.84. The first-order valence-corrected chi connectivity index (χ1v) is 6.80. The van der Waals surface area contributed by atoms with Gasteiger partial charge in [0.05, 0.1) is 7.11 Å². The van der Waals surface area contributed by atoms with Gasteiger partial charge in [0.25, 0.3) is 0 Å². The summed E-state index contributed by atoms with van der Waals surface area (Å²) < 4.78 is 4.69. The summed E-state index contributed by atoms with van der Waals surface area (Å²) in [4.78, 5) is 23.4. The van der Waals surface area contributed by atoms with E-state index in [1.54, 1.807) is 0 Å². The number of rotatable bonds is 8. The highest BCUT2D eigenvalue weighted by Crippen LogP contribution is 2.25. The Morgan fingerprint density at radius 2 is 1.84 bits per heavy atom. The minimum Gasteiger partial charge on any atom is -0.467 e. The minimum absolute atomic E-state index is 0.00783. The van der Waals surface area contributed by atoms with Crippen LogP contribution in [0.5, 0.6) is 0 Å². The molecule has 19 heavy (non-hydrogen) atoms. The van der Waals surface area contributed by atoms with Crippen molar-refractivity contribution in [2.45, 2.75) is 53.0 Å².